The van der Waals surface area contributed by atoms with Crippen molar-refractivity contribution in [1.82, 2.24) is 10.3 Å². The Bertz CT molecular complexity index is 379. The maximum Gasteiger partial charge on any atom is 0.127 e. The van der Waals surface area contributed by atoms with Gasteiger partial charge in [0.15, 0.2) is 0 Å². The van der Waals surface area contributed by atoms with Crippen molar-refractivity contribution >= 4 is 0 Å². The molecule has 1 rings (SSSR count). The number of aryl methyl sites for hydroxylation is 1. The predicted molar refractivity (Wildman–Crippen MR) is 89.8 cm³/mol. The molecule has 0 aromatic carbocycles. The number of aromatic nitrogens is 1. The van der Waals surface area contributed by atoms with E-state index in [4.69, 9.17) is 4.74 Å². The summed E-state index contributed by atoms with van der Waals surface area (Å²) in [6.45, 7) is 9.13. The molecule has 0 spiro atoms. The van der Waals surface area contributed by atoms with E-state index >= 15 is 0 Å². The van der Waals surface area contributed by atoms with Crippen LogP contribution in [0.3, 0.4) is 0 Å². The topological polar surface area (TPSA) is 34.1 Å². The van der Waals surface area contributed by atoms with Gasteiger partial charge in [0, 0.05) is 30.1 Å². The molecule has 0 atom stereocenters. The van der Waals surface area contributed by atoms with Crippen LogP contribution in [0.25, 0.3) is 0 Å². The summed E-state index contributed by atoms with van der Waals surface area (Å²) < 4.78 is 5.98. The predicted octanol–water partition coefficient (Wildman–Crippen LogP) is 4.63. The Kier molecular flexibility index (Phi) is 9.88. The van der Waals surface area contributed by atoms with Gasteiger partial charge in [-0.05, 0) is 26.3 Å². The maximum absolute atomic E-state index is 5.98. The number of hydrogen-bond donors (Lipinski definition) is 1. The second kappa shape index (κ2) is 11.6. The maximum atomic E-state index is 5.98. The molecule has 1 N–H and O–H groups in total. The molecule has 0 aliphatic heterocycles. The number of rotatable bonds is 12. The van der Waals surface area contributed by atoms with Crippen LogP contribution in [0.1, 0.15) is 70.1 Å². The molecule has 3 nitrogen and oxygen atoms in total. The minimum Gasteiger partial charge on any atom is -0.493 e. The highest BCUT2D eigenvalue weighted by molar-refractivity contribution is 5.32. The average molecular weight is 292 g/mol. The first-order valence-corrected chi connectivity index (χ1v) is 8.57. The molecule has 0 saturated heterocycles. The third-order valence-electron chi connectivity index (χ3n) is 3.58. The first-order chi connectivity index (χ1) is 10.3. The molecule has 0 bridgehead atoms. The summed E-state index contributed by atoms with van der Waals surface area (Å²) in [6.07, 6.45) is 10.9. The Labute approximate surface area is 130 Å². The summed E-state index contributed by atoms with van der Waals surface area (Å²) >= 11 is 0. The van der Waals surface area contributed by atoms with E-state index in [9.17, 15) is 0 Å². The molecule has 1 heterocycles. The van der Waals surface area contributed by atoms with Crippen LogP contribution in [0.15, 0.2) is 12.3 Å². The zero-order valence-corrected chi connectivity index (χ0v) is 14.1. The van der Waals surface area contributed by atoms with Crippen LogP contribution in [0.4, 0.5) is 0 Å². The second-order valence-electron chi connectivity index (χ2n) is 5.73. The molecule has 0 fully saturated rings. The zero-order valence-electron chi connectivity index (χ0n) is 14.1. The van der Waals surface area contributed by atoms with Gasteiger partial charge in [-0.2, -0.15) is 0 Å². The molecule has 0 aliphatic carbocycles. The fraction of sp³-hybridized carbons (Fsp3) is 0.722. The summed E-state index contributed by atoms with van der Waals surface area (Å²) in [4.78, 5) is 4.38. The lowest BCUT2D eigenvalue weighted by atomic mass is 10.1. The van der Waals surface area contributed by atoms with Crippen LogP contribution in [-0.4, -0.2) is 18.1 Å². The van der Waals surface area contributed by atoms with Gasteiger partial charge < -0.3 is 10.1 Å². The van der Waals surface area contributed by atoms with Gasteiger partial charge in [0.1, 0.15) is 5.75 Å². The lowest BCUT2D eigenvalue weighted by Gasteiger charge is -2.12. The van der Waals surface area contributed by atoms with E-state index in [-0.39, 0.29) is 0 Å². The molecule has 0 saturated carbocycles. The molecule has 0 radical (unpaired) electrons. The van der Waals surface area contributed by atoms with Crippen molar-refractivity contribution in [3.05, 3.63) is 23.5 Å². The number of nitrogens with zero attached hydrogens (tertiary/aromatic N) is 1. The van der Waals surface area contributed by atoms with E-state index in [1.165, 1.54) is 37.7 Å². The fourth-order valence-electron chi connectivity index (χ4n) is 2.29. The molecule has 1 aromatic rings. The average Bonchev–Trinajstić information content (AvgIpc) is 2.48. The molecular formula is C18H32N2O. The van der Waals surface area contributed by atoms with Crippen LogP contribution in [0.5, 0.6) is 5.75 Å². The van der Waals surface area contributed by atoms with Crippen LogP contribution in [0, 0.1) is 6.92 Å². The first-order valence-electron chi connectivity index (χ1n) is 8.57. The number of pyridine rings is 1. The highest BCUT2D eigenvalue weighted by atomic mass is 16.5. The van der Waals surface area contributed by atoms with Crippen molar-refractivity contribution in [1.29, 1.82) is 0 Å². The van der Waals surface area contributed by atoms with E-state index in [0.29, 0.717) is 0 Å². The molecule has 3 heteroatoms. The van der Waals surface area contributed by atoms with Gasteiger partial charge in [-0.1, -0.05) is 46.0 Å². The number of unbranched alkanes of at least 4 members (excludes halogenated alkanes) is 5. The van der Waals surface area contributed by atoms with Crippen LogP contribution in [0.2, 0.25) is 0 Å². The highest BCUT2D eigenvalue weighted by Gasteiger charge is 2.05. The van der Waals surface area contributed by atoms with E-state index in [1.54, 1.807) is 0 Å². The molecule has 0 unspecified atom stereocenters. The van der Waals surface area contributed by atoms with Crippen molar-refractivity contribution in [2.75, 3.05) is 13.2 Å². The van der Waals surface area contributed by atoms with Crippen molar-refractivity contribution < 1.29 is 4.74 Å². The largest absolute Gasteiger partial charge is 0.493 e. The molecular weight excluding hydrogens is 260 g/mol. The number of hydrogen-bond acceptors (Lipinski definition) is 3. The Morgan fingerprint density at radius 3 is 2.57 bits per heavy atom. The summed E-state index contributed by atoms with van der Waals surface area (Å²) in [6, 6.07) is 2.06. The standard InChI is InChI=1S/C18H32N2O/c1-4-6-7-8-9-10-12-21-18-13-16(3)20-15-17(18)14-19-11-5-2/h13,15,19H,4-12,14H2,1-3H3. The Morgan fingerprint density at radius 2 is 1.81 bits per heavy atom. The van der Waals surface area contributed by atoms with Gasteiger partial charge in [-0.15, -0.1) is 0 Å². The highest BCUT2D eigenvalue weighted by Crippen LogP contribution is 2.19. The summed E-state index contributed by atoms with van der Waals surface area (Å²) in [5, 5.41) is 3.42. The van der Waals surface area contributed by atoms with Crippen molar-refractivity contribution in [3.63, 3.8) is 0 Å². The van der Waals surface area contributed by atoms with Crippen LogP contribution in [-0.2, 0) is 6.54 Å². The summed E-state index contributed by atoms with van der Waals surface area (Å²) in [7, 11) is 0. The SMILES string of the molecule is CCCCCCCCOc1cc(C)ncc1CNCCC. The molecule has 0 amide bonds. The van der Waals surface area contributed by atoms with Gasteiger partial charge >= 0.3 is 0 Å². The van der Waals surface area contributed by atoms with Gasteiger partial charge in [0.25, 0.3) is 0 Å². The quantitative estimate of drug-likeness (QED) is 0.570. The molecule has 120 valence electrons. The monoisotopic (exact) mass is 292 g/mol. The third-order valence-corrected chi connectivity index (χ3v) is 3.58. The lowest BCUT2D eigenvalue weighted by molar-refractivity contribution is 0.300. The van der Waals surface area contributed by atoms with E-state index in [2.05, 4.69) is 30.2 Å². The van der Waals surface area contributed by atoms with Gasteiger partial charge in [-0.25, -0.2) is 0 Å². The van der Waals surface area contributed by atoms with Crippen LogP contribution >= 0.6 is 0 Å². The zero-order chi connectivity index (χ0) is 15.3. The minimum absolute atomic E-state index is 0.816. The Morgan fingerprint density at radius 1 is 1.05 bits per heavy atom. The Balaban J connectivity index is 2.32. The van der Waals surface area contributed by atoms with Crippen LogP contribution < -0.4 is 10.1 Å². The number of ether oxygens (including phenoxy) is 1. The fourth-order valence-corrected chi connectivity index (χ4v) is 2.29. The van der Waals surface area contributed by atoms with Gasteiger partial charge in [0.2, 0.25) is 0 Å². The third kappa shape index (κ3) is 8.05. The number of nitrogens with one attached hydrogen (secondary N) is 1. The van der Waals surface area contributed by atoms with E-state index < -0.39 is 0 Å². The van der Waals surface area contributed by atoms with Crippen molar-refractivity contribution in [2.45, 2.75) is 72.3 Å². The van der Waals surface area contributed by atoms with E-state index in [1.807, 2.05) is 13.1 Å². The van der Waals surface area contributed by atoms with E-state index in [0.717, 1.165) is 44.0 Å². The normalized spacial score (nSPS) is 10.8. The molecule has 0 aliphatic rings. The lowest BCUT2D eigenvalue weighted by Crippen LogP contribution is -2.15. The summed E-state index contributed by atoms with van der Waals surface area (Å²) in [5.41, 5.74) is 2.19. The summed E-state index contributed by atoms with van der Waals surface area (Å²) in [5.74, 6) is 1.000. The van der Waals surface area contributed by atoms with Gasteiger partial charge in [0.05, 0.1) is 6.61 Å². The Hall–Kier alpha value is -1.09. The van der Waals surface area contributed by atoms with Gasteiger partial charge in [-0.3, -0.25) is 4.98 Å². The molecule has 1 aromatic heterocycles. The first kappa shape index (κ1) is 18.0. The van der Waals surface area contributed by atoms with Crippen molar-refractivity contribution in [2.24, 2.45) is 0 Å². The molecule has 21 heavy (non-hydrogen) atoms. The minimum atomic E-state index is 0.816. The smallest absolute Gasteiger partial charge is 0.127 e. The van der Waals surface area contributed by atoms with Crippen molar-refractivity contribution in [3.8, 4) is 5.75 Å². The second-order valence-corrected chi connectivity index (χ2v) is 5.73.